The van der Waals surface area contributed by atoms with Crippen molar-refractivity contribution in [1.29, 1.82) is 0 Å². The minimum absolute atomic E-state index is 0.274. The highest BCUT2D eigenvalue weighted by molar-refractivity contribution is 5.97. The van der Waals surface area contributed by atoms with Crippen molar-refractivity contribution in [2.45, 2.75) is 32.2 Å². The van der Waals surface area contributed by atoms with Crippen molar-refractivity contribution in [2.24, 2.45) is 5.92 Å². The largest absolute Gasteiger partial charge is 0.365 e. The summed E-state index contributed by atoms with van der Waals surface area (Å²) in [6.45, 7) is 4.83. The normalized spacial score (nSPS) is 19.6. The van der Waals surface area contributed by atoms with E-state index < -0.39 is 0 Å². The summed E-state index contributed by atoms with van der Waals surface area (Å²) in [6.07, 6.45) is 3.85. The first kappa shape index (κ1) is 18.1. The zero-order valence-corrected chi connectivity index (χ0v) is 15.9. The molecule has 0 aromatic heterocycles. The maximum atomic E-state index is 13.0. The van der Waals surface area contributed by atoms with Crippen molar-refractivity contribution in [3.8, 4) is 0 Å². The maximum absolute atomic E-state index is 13.0. The van der Waals surface area contributed by atoms with Crippen LogP contribution in [0, 0.1) is 5.92 Å². The van der Waals surface area contributed by atoms with E-state index in [1.54, 1.807) is 0 Å². The average molecular weight is 364 g/mol. The van der Waals surface area contributed by atoms with Crippen molar-refractivity contribution in [3.05, 3.63) is 60.2 Å². The fraction of sp³-hybridized carbons (Fsp3) is 0.435. The molecule has 0 aliphatic carbocycles. The molecule has 2 aromatic rings. The molecule has 4 rings (SSSR count). The van der Waals surface area contributed by atoms with Crippen LogP contribution in [0.15, 0.2) is 54.6 Å². The van der Waals surface area contributed by atoms with E-state index in [9.17, 15) is 4.79 Å². The summed E-state index contributed by atoms with van der Waals surface area (Å²) in [5, 5.41) is 3.40. The zero-order chi connectivity index (χ0) is 18.5. The minimum Gasteiger partial charge on any atom is -0.365 e. The number of benzene rings is 2. The second kappa shape index (κ2) is 8.57. The monoisotopic (exact) mass is 363 g/mol. The number of carbonyl (C=O) groups excluding carboxylic acids is 1. The molecule has 1 saturated heterocycles. The van der Waals surface area contributed by atoms with Crippen LogP contribution in [0.2, 0.25) is 0 Å². The van der Waals surface area contributed by atoms with E-state index in [0.717, 1.165) is 51.3 Å². The first-order valence-electron chi connectivity index (χ1n) is 10.2. The van der Waals surface area contributed by atoms with E-state index in [4.69, 9.17) is 0 Å². The topological polar surface area (TPSA) is 35.6 Å². The van der Waals surface area contributed by atoms with Crippen LogP contribution in [-0.2, 0) is 11.3 Å². The Balaban J connectivity index is 1.51. The molecule has 2 aromatic carbocycles. The van der Waals surface area contributed by atoms with Gasteiger partial charge in [-0.3, -0.25) is 4.79 Å². The van der Waals surface area contributed by atoms with Gasteiger partial charge in [-0.1, -0.05) is 42.5 Å². The predicted molar refractivity (Wildman–Crippen MR) is 111 cm³/mol. The molecule has 0 spiro atoms. The van der Waals surface area contributed by atoms with Gasteiger partial charge in [-0.15, -0.1) is 0 Å². The van der Waals surface area contributed by atoms with Gasteiger partial charge in [0.2, 0.25) is 5.91 Å². The van der Waals surface area contributed by atoms with Crippen LogP contribution in [0.3, 0.4) is 0 Å². The summed E-state index contributed by atoms with van der Waals surface area (Å²) in [7, 11) is 0. The molecule has 2 aliphatic rings. The lowest BCUT2D eigenvalue weighted by molar-refractivity contribution is -0.118. The summed E-state index contributed by atoms with van der Waals surface area (Å²) < 4.78 is 0. The number of nitrogens with one attached hydrogen (secondary N) is 1. The highest BCUT2D eigenvalue weighted by Gasteiger charge is 2.25. The third kappa shape index (κ3) is 4.33. The van der Waals surface area contributed by atoms with Gasteiger partial charge in [-0.25, -0.2) is 0 Å². The lowest BCUT2D eigenvalue weighted by Crippen LogP contribution is -2.31. The summed E-state index contributed by atoms with van der Waals surface area (Å²) >= 11 is 0. The molecule has 2 aliphatic heterocycles. The van der Waals surface area contributed by atoms with Crippen LogP contribution >= 0.6 is 0 Å². The van der Waals surface area contributed by atoms with Gasteiger partial charge in [0, 0.05) is 26.1 Å². The first-order chi connectivity index (χ1) is 13.3. The standard InChI is InChI=1S/C23H29N3O/c27-23(12-11-19-13-14-24-17-19)26-16-6-15-25(18-20-7-2-1-3-8-20)21-9-4-5-10-22(21)26/h1-5,7-10,19,24H,6,11-18H2. The van der Waals surface area contributed by atoms with E-state index in [2.05, 4.69) is 58.7 Å². The number of anilines is 2. The lowest BCUT2D eigenvalue weighted by Gasteiger charge is -2.27. The second-order valence-corrected chi connectivity index (χ2v) is 7.69. The molecule has 2 heterocycles. The van der Waals surface area contributed by atoms with Gasteiger partial charge >= 0.3 is 0 Å². The van der Waals surface area contributed by atoms with E-state index >= 15 is 0 Å². The molecule has 4 nitrogen and oxygen atoms in total. The molecular weight excluding hydrogens is 334 g/mol. The van der Waals surface area contributed by atoms with Crippen LogP contribution in [0.25, 0.3) is 0 Å². The Hall–Kier alpha value is -2.33. The van der Waals surface area contributed by atoms with Gasteiger partial charge < -0.3 is 15.1 Å². The highest BCUT2D eigenvalue weighted by atomic mass is 16.2. The number of carbonyl (C=O) groups is 1. The van der Waals surface area contributed by atoms with Crippen LogP contribution in [0.4, 0.5) is 11.4 Å². The van der Waals surface area contributed by atoms with Crippen molar-refractivity contribution >= 4 is 17.3 Å². The number of amides is 1. The van der Waals surface area contributed by atoms with Crippen molar-refractivity contribution in [1.82, 2.24) is 5.32 Å². The fourth-order valence-corrected chi connectivity index (χ4v) is 4.27. The molecule has 1 unspecified atom stereocenters. The maximum Gasteiger partial charge on any atom is 0.227 e. The molecule has 1 fully saturated rings. The molecule has 27 heavy (non-hydrogen) atoms. The van der Waals surface area contributed by atoms with Crippen molar-refractivity contribution in [2.75, 3.05) is 36.0 Å². The van der Waals surface area contributed by atoms with Crippen LogP contribution in [0.5, 0.6) is 0 Å². The number of rotatable bonds is 5. The number of nitrogens with zero attached hydrogens (tertiary/aromatic N) is 2. The predicted octanol–water partition coefficient (Wildman–Crippen LogP) is 3.82. The van der Waals surface area contributed by atoms with Gasteiger partial charge in [-0.05, 0) is 56.0 Å². The SMILES string of the molecule is O=C(CCC1CCNC1)N1CCCN(Cc2ccccc2)c2ccccc21. The van der Waals surface area contributed by atoms with Crippen LogP contribution in [-0.4, -0.2) is 32.1 Å². The third-order valence-corrected chi connectivity index (χ3v) is 5.77. The summed E-state index contributed by atoms with van der Waals surface area (Å²) in [4.78, 5) is 17.5. The average Bonchev–Trinajstić information content (AvgIpc) is 3.16. The molecule has 4 heteroatoms. The molecular formula is C23H29N3O. The Morgan fingerprint density at radius 1 is 1.00 bits per heavy atom. The summed E-state index contributed by atoms with van der Waals surface area (Å²) in [5.41, 5.74) is 3.55. The Bertz CT molecular complexity index is 755. The van der Waals surface area contributed by atoms with Gasteiger partial charge in [0.15, 0.2) is 0 Å². The second-order valence-electron chi connectivity index (χ2n) is 7.69. The van der Waals surface area contributed by atoms with Gasteiger partial charge in [0.05, 0.1) is 11.4 Å². The Kier molecular flexibility index (Phi) is 5.73. The molecule has 1 atom stereocenters. The summed E-state index contributed by atoms with van der Waals surface area (Å²) in [6, 6.07) is 19.0. The third-order valence-electron chi connectivity index (χ3n) is 5.77. The molecule has 1 N–H and O–H groups in total. The molecule has 142 valence electrons. The summed E-state index contributed by atoms with van der Waals surface area (Å²) in [5.74, 6) is 0.932. The Morgan fingerprint density at radius 3 is 2.56 bits per heavy atom. The number of para-hydroxylation sites is 2. The first-order valence-corrected chi connectivity index (χ1v) is 10.2. The quantitative estimate of drug-likeness (QED) is 0.877. The van der Waals surface area contributed by atoms with Gasteiger partial charge in [0.1, 0.15) is 0 Å². The zero-order valence-electron chi connectivity index (χ0n) is 15.9. The van der Waals surface area contributed by atoms with E-state index in [1.807, 2.05) is 11.0 Å². The van der Waals surface area contributed by atoms with Gasteiger partial charge in [0.25, 0.3) is 0 Å². The van der Waals surface area contributed by atoms with Crippen molar-refractivity contribution in [3.63, 3.8) is 0 Å². The number of hydrogen-bond donors (Lipinski definition) is 1. The lowest BCUT2D eigenvalue weighted by atomic mass is 10.0. The minimum atomic E-state index is 0.274. The molecule has 0 bridgehead atoms. The van der Waals surface area contributed by atoms with Gasteiger partial charge in [-0.2, -0.15) is 0 Å². The Morgan fingerprint density at radius 2 is 1.78 bits per heavy atom. The molecule has 0 radical (unpaired) electrons. The molecule has 1 amide bonds. The van der Waals surface area contributed by atoms with E-state index in [1.165, 1.54) is 17.7 Å². The molecule has 0 saturated carbocycles. The number of fused-ring (bicyclic) bond motifs is 1. The van der Waals surface area contributed by atoms with E-state index in [-0.39, 0.29) is 5.91 Å². The van der Waals surface area contributed by atoms with Crippen LogP contribution < -0.4 is 15.1 Å². The van der Waals surface area contributed by atoms with Crippen molar-refractivity contribution < 1.29 is 4.79 Å². The fourth-order valence-electron chi connectivity index (χ4n) is 4.27. The van der Waals surface area contributed by atoms with E-state index in [0.29, 0.717) is 12.3 Å². The Labute approximate surface area is 162 Å². The number of hydrogen-bond acceptors (Lipinski definition) is 3. The smallest absolute Gasteiger partial charge is 0.227 e. The highest BCUT2D eigenvalue weighted by Crippen LogP contribution is 2.34. The van der Waals surface area contributed by atoms with Crippen LogP contribution in [0.1, 0.15) is 31.2 Å².